The van der Waals surface area contributed by atoms with Gasteiger partial charge < -0.3 is 5.11 Å². The minimum Gasteiger partial charge on any atom is -0.478 e. The van der Waals surface area contributed by atoms with Crippen LogP contribution in [0.15, 0.2) is 66.7 Å². The van der Waals surface area contributed by atoms with Crippen LogP contribution in [-0.4, -0.2) is 11.1 Å². The first-order valence-electron chi connectivity index (χ1n) is 10.0. The lowest BCUT2D eigenvalue weighted by Crippen LogP contribution is -2.27. The van der Waals surface area contributed by atoms with Crippen LogP contribution in [0.2, 0.25) is 0 Å². The van der Waals surface area contributed by atoms with E-state index in [0.29, 0.717) is 16.9 Å². The molecule has 0 bridgehead atoms. The fraction of sp³-hybridized carbons (Fsp3) is 0.269. The molecule has 0 radical (unpaired) electrons. The van der Waals surface area contributed by atoms with Crippen molar-refractivity contribution in [1.29, 1.82) is 0 Å². The van der Waals surface area contributed by atoms with Crippen LogP contribution < -0.4 is 0 Å². The maximum absolute atomic E-state index is 11.6. The largest absolute Gasteiger partial charge is 0.478 e. The summed E-state index contributed by atoms with van der Waals surface area (Å²) < 4.78 is 0. The number of rotatable bonds is 2. The van der Waals surface area contributed by atoms with Crippen molar-refractivity contribution < 1.29 is 9.90 Å². The smallest absolute Gasteiger partial charge is 0.336 e. The van der Waals surface area contributed by atoms with Gasteiger partial charge in [0.1, 0.15) is 0 Å². The predicted molar refractivity (Wildman–Crippen MR) is 114 cm³/mol. The molecule has 0 amide bonds. The average molecular weight is 368 g/mol. The number of aromatic carboxylic acids is 1. The molecule has 0 heterocycles. The van der Waals surface area contributed by atoms with E-state index in [2.05, 4.69) is 43.8 Å². The third-order valence-electron chi connectivity index (χ3n) is 7.02. The van der Waals surface area contributed by atoms with Crippen LogP contribution in [0.5, 0.6) is 0 Å². The van der Waals surface area contributed by atoms with Crippen molar-refractivity contribution in [1.82, 2.24) is 0 Å². The van der Waals surface area contributed by atoms with Crippen molar-refractivity contribution in [3.63, 3.8) is 0 Å². The fourth-order valence-electron chi connectivity index (χ4n) is 5.55. The minimum atomic E-state index is -0.889. The van der Waals surface area contributed by atoms with E-state index < -0.39 is 5.97 Å². The Hall–Kier alpha value is -2.87. The van der Waals surface area contributed by atoms with E-state index in [0.717, 1.165) is 24.0 Å². The Kier molecular flexibility index (Phi) is 3.74. The highest BCUT2D eigenvalue weighted by atomic mass is 16.4. The zero-order valence-corrected chi connectivity index (χ0v) is 16.2. The molecule has 0 saturated heterocycles. The lowest BCUT2D eigenvalue weighted by atomic mass is 9.65. The summed E-state index contributed by atoms with van der Waals surface area (Å²) in [6.07, 6.45) is 4.72. The first kappa shape index (κ1) is 17.2. The molecule has 2 atom stereocenters. The zero-order valence-electron chi connectivity index (χ0n) is 16.2. The first-order chi connectivity index (χ1) is 13.5. The summed E-state index contributed by atoms with van der Waals surface area (Å²) in [7, 11) is 0. The molecule has 2 nitrogen and oxygen atoms in total. The Balaban J connectivity index is 1.66. The van der Waals surface area contributed by atoms with E-state index in [1.54, 1.807) is 12.1 Å². The van der Waals surface area contributed by atoms with Crippen molar-refractivity contribution in [2.75, 3.05) is 0 Å². The fourth-order valence-corrected chi connectivity index (χ4v) is 5.55. The third-order valence-corrected chi connectivity index (χ3v) is 7.02. The summed E-state index contributed by atoms with van der Waals surface area (Å²) in [5.41, 5.74) is 6.73. The molecule has 2 aliphatic carbocycles. The number of carbonyl (C=O) groups is 1. The summed E-state index contributed by atoms with van der Waals surface area (Å²) in [5, 5.41) is 12.0. The van der Waals surface area contributed by atoms with Gasteiger partial charge in [-0.2, -0.15) is 0 Å². The summed E-state index contributed by atoms with van der Waals surface area (Å²) in [5.74, 6) is -0.409. The lowest BCUT2D eigenvalue weighted by Gasteiger charge is -2.38. The highest BCUT2D eigenvalue weighted by Gasteiger charge is 2.45. The molecule has 0 aliphatic heterocycles. The molecular formula is C26H24O2. The lowest BCUT2D eigenvalue weighted by molar-refractivity contribution is 0.0697. The Bertz CT molecular complexity index is 1140. The van der Waals surface area contributed by atoms with Crippen molar-refractivity contribution in [3.8, 4) is 11.1 Å². The third kappa shape index (κ3) is 2.44. The second kappa shape index (κ2) is 6.07. The summed E-state index contributed by atoms with van der Waals surface area (Å²) in [6.45, 7) is 6.81. The van der Waals surface area contributed by atoms with Crippen LogP contribution in [0.25, 0.3) is 21.9 Å². The van der Waals surface area contributed by atoms with Crippen molar-refractivity contribution in [3.05, 3.63) is 83.4 Å². The van der Waals surface area contributed by atoms with Gasteiger partial charge in [-0.3, -0.25) is 0 Å². The quantitative estimate of drug-likeness (QED) is 0.518. The first-order valence-corrected chi connectivity index (χ1v) is 10.0. The van der Waals surface area contributed by atoms with Gasteiger partial charge in [-0.25, -0.2) is 4.79 Å². The van der Waals surface area contributed by atoms with E-state index >= 15 is 0 Å². The Morgan fingerprint density at radius 3 is 2.68 bits per heavy atom. The van der Waals surface area contributed by atoms with Gasteiger partial charge in [0.2, 0.25) is 0 Å². The molecule has 3 aromatic carbocycles. The Morgan fingerprint density at radius 1 is 1.07 bits per heavy atom. The molecule has 0 spiro atoms. The maximum atomic E-state index is 11.6. The molecule has 2 heteroatoms. The van der Waals surface area contributed by atoms with Gasteiger partial charge >= 0.3 is 5.97 Å². The van der Waals surface area contributed by atoms with E-state index in [9.17, 15) is 9.90 Å². The summed E-state index contributed by atoms with van der Waals surface area (Å²) in [6, 6.07) is 18.1. The van der Waals surface area contributed by atoms with Gasteiger partial charge in [0.25, 0.3) is 0 Å². The number of fused-ring (bicyclic) bond motifs is 5. The molecule has 1 N–H and O–H groups in total. The highest BCUT2D eigenvalue weighted by molar-refractivity contribution is 5.98. The van der Waals surface area contributed by atoms with Gasteiger partial charge in [-0.05, 0) is 76.3 Å². The molecular weight excluding hydrogens is 344 g/mol. The van der Waals surface area contributed by atoms with Crippen LogP contribution >= 0.6 is 0 Å². The molecule has 2 aliphatic rings. The molecule has 140 valence electrons. The monoisotopic (exact) mass is 368 g/mol. The molecule has 1 unspecified atom stereocenters. The molecule has 0 aromatic heterocycles. The number of hydrogen-bond acceptors (Lipinski definition) is 1. The van der Waals surface area contributed by atoms with E-state index in [1.165, 1.54) is 40.3 Å². The van der Waals surface area contributed by atoms with Crippen molar-refractivity contribution in [2.24, 2.45) is 5.41 Å². The molecule has 3 aromatic rings. The summed E-state index contributed by atoms with van der Waals surface area (Å²) in [4.78, 5) is 11.6. The zero-order chi connectivity index (χ0) is 19.5. The van der Waals surface area contributed by atoms with Crippen LogP contribution in [0.3, 0.4) is 0 Å². The number of benzene rings is 3. The maximum Gasteiger partial charge on any atom is 0.336 e. The molecule has 1 saturated carbocycles. The number of hydrogen-bond donors (Lipinski definition) is 1. The standard InChI is InChI=1S/C26H24O2/c1-16-11-13-26(2)14-12-21-20-9-7-17(15-18(20)8-10-22(21)24(16)26)19-5-3-4-6-23(19)25(27)28/h3-10,15,24H,1,11-14H2,2H3,(H,27,28)/t24?,26-/m0/s1. The average Bonchev–Trinajstić information content (AvgIpc) is 3.02. The van der Waals surface area contributed by atoms with Gasteiger partial charge in [-0.1, -0.05) is 61.5 Å². The topological polar surface area (TPSA) is 37.3 Å². The van der Waals surface area contributed by atoms with Crippen molar-refractivity contribution >= 4 is 16.7 Å². The van der Waals surface area contributed by atoms with E-state index in [4.69, 9.17) is 0 Å². The van der Waals surface area contributed by atoms with Gasteiger partial charge in [0.15, 0.2) is 0 Å². The SMILES string of the molecule is C=C1CC[C@@]2(C)CCc3c(ccc4cc(-c5ccccc5C(=O)O)ccc34)C12. The van der Waals surface area contributed by atoms with E-state index in [-0.39, 0.29) is 0 Å². The second-order valence-corrected chi connectivity index (χ2v) is 8.67. The summed E-state index contributed by atoms with van der Waals surface area (Å²) >= 11 is 0. The van der Waals surface area contributed by atoms with Crippen LogP contribution in [-0.2, 0) is 6.42 Å². The Morgan fingerprint density at radius 2 is 1.86 bits per heavy atom. The van der Waals surface area contributed by atoms with Crippen LogP contribution in [0.1, 0.15) is 53.6 Å². The second-order valence-electron chi connectivity index (χ2n) is 8.67. The molecule has 5 rings (SSSR count). The highest BCUT2D eigenvalue weighted by Crippen LogP contribution is 2.58. The van der Waals surface area contributed by atoms with Gasteiger partial charge in [0, 0.05) is 5.92 Å². The van der Waals surface area contributed by atoms with Crippen LogP contribution in [0, 0.1) is 5.41 Å². The molecule has 1 fully saturated rings. The number of carboxylic acids is 1. The molecule has 28 heavy (non-hydrogen) atoms. The minimum absolute atomic E-state index is 0.345. The normalized spacial score (nSPS) is 23.5. The van der Waals surface area contributed by atoms with Crippen molar-refractivity contribution in [2.45, 2.75) is 38.5 Å². The number of aryl methyl sites for hydroxylation is 1. The Labute approximate surface area is 165 Å². The predicted octanol–water partition coefficient (Wildman–Crippen LogP) is 6.59. The van der Waals surface area contributed by atoms with Crippen LogP contribution in [0.4, 0.5) is 0 Å². The van der Waals surface area contributed by atoms with Gasteiger partial charge in [0.05, 0.1) is 5.56 Å². The number of carboxylic acid groups (broad SMARTS) is 1. The van der Waals surface area contributed by atoms with Gasteiger partial charge in [-0.15, -0.1) is 0 Å². The number of allylic oxidation sites excluding steroid dienone is 1. The van der Waals surface area contributed by atoms with E-state index in [1.807, 2.05) is 12.1 Å².